The Morgan fingerprint density at radius 1 is 1.33 bits per heavy atom. The quantitative estimate of drug-likeness (QED) is 0.802. The fraction of sp³-hybridized carbons (Fsp3) is 0.538. The number of nitrogens with two attached hydrogens (primary N) is 1. The molecule has 1 aliphatic rings. The van der Waals surface area contributed by atoms with Crippen molar-refractivity contribution in [1.82, 2.24) is 9.89 Å². The summed E-state index contributed by atoms with van der Waals surface area (Å²) in [4.78, 5) is 14.6. The molecule has 96 valence electrons. The summed E-state index contributed by atoms with van der Waals surface area (Å²) in [5.74, 6) is 6.00. The van der Waals surface area contributed by atoms with Crippen molar-refractivity contribution in [3.63, 3.8) is 0 Å². The number of nitrogens with zero attached hydrogens (tertiary/aromatic N) is 2. The molecule has 0 spiro atoms. The monoisotopic (exact) mass is 263 g/mol. The first-order valence-corrected chi connectivity index (χ1v) is 7.23. The van der Waals surface area contributed by atoms with E-state index in [4.69, 9.17) is 5.84 Å². The maximum Gasteiger partial charge on any atom is 0.294 e. The number of hydrogen-bond acceptors (Lipinski definition) is 4. The third-order valence-corrected chi connectivity index (χ3v) is 4.90. The zero-order valence-corrected chi connectivity index (χ0v) is 11.5. The van der Waals surface area contributed by atoms with E-state index in [1.54, 1.807) is 11.3 Å². The van der Waals surface area contributed by atoms with Gasteiger partial charge in [-0.3, -0.25) is 4.79 Å². The number of fused-ring (bicyclic) bond motifs is 3. The molecule has 0 aliphatic heterocycles. The molecule has 0 saturated carbocycles. The van der Waals surface area contributed by atoms with E-state index in [9.17, 15) is 4.79 Å². The average Bonchev–Trinajstić information content (AvgIpc) is 2.72. The lowest BCUT2D eigenvalue weighted by atomic mass is 9.96. The van der Waals surface area contributed by atoms with E-state index in [0.29, 0.717) is 0 Å². The Kier molecular flexibility index (Phi) is 2.66. The number of nitrogen functional groups attached to an aromatic ring is 1. The van der Waals surface area contributed by atoms with Gasteiger partial charge in [0.15, 0.2) is 0 Å². The lowest BCUT2D eigenvalue weighted by molar-refractivity contribution is 0.691. The van der Waals surface area contributed by atoms with Gasteiger partial charge in [-0.25, -0.2) is 0 Å². The minimum Gasteiger partial charge on any atom is -0.320 e. The second-order valence-corrected chi connectivity index (χ2v) is 6.31. The number of aromatic nitrogens is 2. The van der Waals surface area contributed by atoms with Crippen molar-refractivity contribution in [2.75, 3.05) is 5.84 Å². The van der Waals surface area contributed by atoms with Gasteiger partial charge in [-0.15, -0.1) is 16.1 Å². The van der Waals surface area contributed by atoms with Crippen LogP contribution in [0, 0.1) is 0 Å². The van der Waals surface area contributed by atoms with E-state index in [-0.39, 0.29) is 11.5 Å². The first-order chi connectivity index (χ1) is 8.59. The van der Waals surface area contributed by atoms with Gasteiger partial charge in [0.1, 0.15) is 0 Å². The lowest BCUT2D eigenvalue weighted by Crippen LogP contribution is -2.31. The summed E-state index contributed by atoms with van der Waals surface area (Å²) >= 11 is 1.75. The Bertz CT molecular complexity index is 669. The van der Waals surface area contributed by atoms with Crippen LogP contribution < -0.4 is 11.4 Å². The highest BCUT2D eigenvalue weighted by Gasteiger charge is 2.22. The van der Waals surface area contributed by atoms with Gasteiger partial charge in [-0.1, -0.05) is 13.8 Å². The number of thiophene rings is 1. The average molecular weight is 263 g/mol. The molecule has 4 nitrogen and oxygen atoms in total. The largest absolute Gasteiger partial charge is 0.320 e. The Hall–Kier alpha value is -1.36. The maximum absolute atomic E-state index is 12.2. The Balaban J connectivity index is 2.44. The maximum atomic E-state index is 12.2. The minimum absolute atomic E-state index is 0.145. The standard InChI is InChI=1S/C13H17N3OS/c1-7(2)11-12-10(13(17)16(14)15-11)8-5-3-4-6-9(8)18-12/h7H,3-6,14H2,1-2H3. The van der Waals surface area contributed by atoms with Crippen LogP contribution in [0.4, 0.5) is 0 Å². The fourth-order valence-electron chi connectivity index (χ4n) is 2.67. The lowest BCUT2D eigenvalue weighted by Gasteiger charge is -2.10. The van der Waals surface area contributed by atoms with Crippen LogP contribution in [0.2, 0.25) is 0 Å². The summed E-state index contributed by atoms with van der Waals surface area (Å²) in [5, 5.41) is 5.07. The highest BCUT2D eigenvalue weighted by atomic mass is 32.1. The highest BCUT2D eigenvalue weighted by molar-refractivity contribution is 7.19. The predicted molar refractivity (Wildman–Crippen MR) is 74.8 cm³/mol. The van der Waals surface area contributed by atoms with Gasteiger partial charge in [0.2, 0.25) is 0 Å². The van der Waals surface area contributed by atoms with Crippen LogP contribution in [0.5, 0.6) is 0 Å². The van der Waals surface area contributed by atoms with Gasteiger partial charge < -0.3 is 5.84 Å². The highest BCUT2D eigenvalue weighted by Crippen LogP contribution is 2.37. The van der Waals surface area contributed by atoms with Crippen molar-refractivity contribution >= 4 is 21.4 Å². The van der Waals surface area contributed by atoms with Gasteiger partial charge in [0.05, 0.1) is 15.8 Å². The topological polar surface area (TPSA) is 60.9 Å². The van der Waals surface area contributed by atoms with Crippen molar-refractivity contribution in [2.24, 2.45) is 0 Å². The zero-order chi connectivity index (χ0) is 12.9. The molecule has 0 amide bonds. The summed E-state index contributed by atoms with van der Waals surface area (Å²) in [7, 11) is 0. The smallest absolute Gasteiger partial charge is 0.294 e. The first-order valence-electron chi connectivity index (χ1n) is 6.42. The molecule has 2 N–H and O–H groups in total. The van der Waals surface area contributed by atoms with Gasteiger partial charge in [-0.05, 0) is 37.2 Å². The molecular weight excluding hydrogens is 246 g/mol. The molecule has 5 heteroatoms. The second kappa shape index (κ2) is 4.09. The summed E-state index contributed by atoms with van der Waals surface area (Å²) < 4.78 is 1.06. The first kappa shape index (κ1) is 11.7. The summed E-state index contributed by atoms with van der Waals surface area (Å²) in [6.07, 6.45) is 4.49. The SMILES string of the molecule is CC(C)c1nn(N)c(=O)c2c3c(sc12)CCCC3. The number of aryl methyl sites for hydroxylation is 2. The van der Waals surface area contributed by atoms with Crippen molar-refractivity contribution in [3.8, 4) is 0 Å². The third kappa shape index (κ3) is 1.57. The predicted octanol–water partition coefficient (Wildman–Crippen LogP) is 2.17. The van der Waals surface area contributed by atoms with Crippen LogP contribution in [0.1, 0.15) is 48.7 Å². The molecule has 0 aromatic carbocycles. The molecule has 0 fully saturated rings. The molecule has 0 atom stereocenters. The van der Waals surface area contributed by atoms with E-state index >= 15 is 0 Å². The van der Waals surface area contributed by atoms with E-state index < -0.39 is 0 Å². The summed E-state index contributed by atoms with van der Waals surface area (Å²) in [6.45, 7) is 4.18. The molecule has 2 aromatic rings. The van der Waals surface area contributed by atoms with Crippen molar-refractivity contribution in [2.45, 2.75) is 45.4 Å². The van der Waals surface area contributed by atoms with Gasteiger partial charge in [-0.2, -0.15) is 5.10 Å². The van der Waals surface area contributed by atoms with Crippen molar-refractivity contribution in [1.29, 1.82) is 0 Å². The Morgan fingerprint density at radius 3 is 2.78 bits per heavy atom. The molecule has 2 aromatic heterocycles. The number of rotatable bonds is 1. The normalized spacial score (nSPS) is 15.3. The van der Waals surface area contributed by atoms with Gasteiger partial charge in [0, 0.05) is 4.88 Å². The van der Waals surface area contributed by atoms with Crippen LogP contribution >= 0.6 is 11.3 Å². The fourth-order valence-corrected chi connectivity index (χ4v) is 4.19. The molecule has 0 radical (unpaired) electrons. The molecule has 18 heavy (non-hydrogen) atoms. The summed E-state index contributed by atoms with van der Waals surface area (Å²) in [6, 6.07) is 0. The van der Waals surface area contributed by atoms with Crippen molar-refractivity contribution < 1.29 is 0 Å². The van der Waals surface area contributed by atoms with Gasteiger partial charge >= 0.3 is 0 Å². The van der Waals surface area contributed by atoms with Gasteiger partial charge in [0.25, 0.3) is 5.56 Å². The molecule has 1 aliphatic carbocycles. The molecule has 0 bridgehead atoms. The van der Waals surface area contributed by atoms with Crippen LogP contribution in [-0.2, 0) is 12.8 Å². The van der Waals surface area contributed by atoms with Crippen LogP contribution in [0.25, 0.3) is 10.1 Å². The van der Waals surface area contributed by atoms with Crippen molar-refractivity contribution in [3.05, 3.63) is 26.5 Å². The number of hydrogen-bond donors (Lipinski definition) is 1. The van der Waals surface area contributed by atoms with E-state index in [1.165, 1.54) is 23.3 Å². The molecule has 3 rings (SSSR count). The van der Waals surface area contributed by atoms with E-state index in [1.807, 2.05) is 0 Å². The summed E-state index contributed by atoms with van der Waals surface area (Å²) in [5.41, 5.74) is 2.04. The Labute approximate surface area is 109 Å². The van der Waals surface area contributed by atoms with Crippen LogP contribution in [-0.4, -0.2) is 9.89 Å². The molecular formula is C13H17N3OS. The molecule has 0 unspecified atom stereocenters. The molecule has 0 saturated heterocycles. The van der Waals surface area contributed by atoms with E-state index in [2.05, 4.69) is 18.9 Å². The Morgan fingerprint density at radius 2 is 2.06 bits per heavy atom. The zero-order valence-electron chi connectivity index (χ0n) is 10.7. The van der Waals surface area contributed by atoms with E-state index in [0.717, 1.165) is 33.4 Å². The van der Waals surface area contributed by atoms with Crippen LogP contribution in [0.3, 0.4) is 0 Å². The minimum atomic E-state index is -0.145. The molecule has 2 heterocycles. The van der Waals surface area contributed by atoms with Crippen LogP contribution in [0.15, 0.2) is 4.79 Å². The second-order valence-electron chi connectivity index (χ2n) is 5.20. The third-order valence-electron chi connectivity index (χ3n) is 3.59.